The average molecular weight is 460 g/mol. The highest BCUT2D eigenvalue weighted by molar-refractivity contribution is 7.18. The first-order valence-corrected chi connectivity index (χ1v) is 12.0. The van der Waals surface area contributed by atoms with E-state index in [2.05, 4.69) is 11.4 Å². The molecule has 0 radical (unpaired) electrons. The number of furan rings is 1. The Morgan fingerprint density at radius 2 is 1.91 bits per heavy atom. The summed E-state index contributed by atoms with van der Waals surface area (Å²) >= 11 is 1.71. The van der Waals surface area contributed by atoms with E-state index in [1.54, 1.807) is 23.5 Å². The highest BCUT2D eigenvalue weighted by atomic mass is 32.1. The summed E-state index contributed by atoms with van der Waals surface area (Å²) in [5.74, 6) is -0.0382. The SMILES string of the molecule is O=C(N[C@H](Cc1ccccc1)C(=O)N1CCC[C@H](c2nc3ccccc3s2)C1)c1ccco1. The molecule has 1 N–H and O–H groups in total. The molecule has 2 amide bonds. The van der Waals surface area contributed by atoms with Crippen molar-refractivity contribution < 1.29 is 14.0 Å². The maximum atomic E-state index is 13.6. The van der Waals surface area contributed by atoms with Crippen molar-refractivity contribution in [3.05, 3.63) is 89.3 Å². The van der Waals surface area contributed by atoms with Gasteiger partial charge in [0.1, 0.15) is 6.04 Å². The molecule has 0 spiro atoms. The number of aromatic nitrogens is 1. The quantitative estimate of drug-likeness (QED) is 0.456. The molecule has 3 heterocycles. The number of likely N-dealkylation sites (tertiary alicyclic amines) is 1. The second kappa shape index (κ2) is 9.58. The summed E-state index contributed by atoms with van der Waals surface area (Å²) < 4.78 is 6.40. The number of amides is 2. The van der Waals surface area contributed by atoms with Crippen molar-refractivity contribution in [3.63, 3.8) is 0 Å². The van der Waals surface area contributed by atoms with Crippen molar-refractivity contribution in [1.29, 1.82) is 0 Å². The Morgan fingerprint density at radius 1 is 1.09 bits per heavy atom. The molecule has 33 heavy (non-hydrogen) atoms. The molecule has 0 bridgehead atoms. The van der Waals surface area contributed by atoms with Crippen LogP contribution in [0.3, 0.4) is 0 Å². The molecule has 0 unspecified atom stereocenters. The van der Waals surface area contributed by atoms with Crippen LogP contribution in [-0.4, -0.2) is 40.8 Å². The van der Waals surface area contributed by atoms with E-state index in [4.69, 9.17) is 9.40 Å². The van der Waals surface area contributed by atoms with Crippen molar-refractivity contribution in [2.45, 2.75) is 31.2 Å². The number of benzene rings is 2. The van der Waals surface area contributed by atoms with E-state index in [1.165, 1.54) is 11.0 Å². The average Bonchev–Trinajstić information content (AvgIpc) is 3.54. The van der Waals surface area contributed by atoms with Gasteiger partial charge in [-0.05, 0) is 42.7 Å². The van der Waals surface area contributed by atoms with Crippen molar-refractivity contribution in [2.75, 3.05) is 13.1 Å². The van der Waals surface area contributed by atoms with Crippen LogP contribution in [0.4, 0.5) is 0 Å². The predicted octanol–water partition coefficient (Wildman–Crippen LogP) is 4.64. The maximum Gasteiger partial charge on any atom is 0.287 e. The van der Waals surface area contributed by atoms with Gasteiger partial charge in [0.2, 0.25) is 5.91 Å². The molecule has 1 aliphatic heterocycles. The number of hydrogen-bond donors (Lipinski definition) is 1. The summed E-state index contributed by atoms with van der Waals surface area (Å²) in [4.78, 5) is 33.0. The summed E-state index contributed by atoms with van der Waals surface area (Å²) in [5, 5.41) is 3.98. The third kappa shape index (κ3) is 4.83. The van der Waals surface area contributed by atoms with Crippen LogP contribution in [0.1, 0.15) is 39.9 Å². The van der Waals surface area contributed by atoms with Crippen LogP contribution in [0, 0.1) is 0 Å². The van der Waals surface area contributed by atoms with Gasteiger partial charge in [-0.15, -0.1) is 11.3 Å². The molecule has 5 rings (SSSR count). The van der Waals surface area contributed by atoms with E-state index in [0.29, 0.717) is 19.5 Å². The minimum Gasteiger partial charge on any atom is -0.459 e. The Morgan fingerprint density at radius 3 is 2.70 bits per heavy atom. The fourth-order valence-corrected chi connectivity index (χ4v) is 5.44. The van der Waals surface area contributed by atoms with Crippen molar-refractivity contribution in [3.8, 4) is 0 Å². The Labute approximate surface area is 196 Å². The highest BCUT2D eigenvalue weighted by Crippen LogP contribution is 2.33. The number of rotatable bonds is 6. The monoisotopic (exact) mass is 459 g/mol. The van der Waals surface area contributed by atoms with Crippen molar-refractivity contribution >= 4 is 33.4 Å². The fraction of sp³-hybridized carbons (Fsp3) is 0.269. The van der Waals surface area contributed by atoms with E-state index in [-0.39, 0.29) is 23.5 Å². The molecule has 2 atom stereocenters. The second-order valence-corrected chi connectivity index (χ2v) is 9.40. The second-order valence-electron chi connectivity index (χ2n) is 8.34. The number of para-hydroxylation sites is 1. The van der Waals surface area contributed by atoms with Gasteiger partial charge in [0.15, 0.2) is 5.76 Å². The number of piperidine rings is 1. The fourth-order valence-electron chi connectivity index (χ4n) is 4.35. The van der Waals surface area contributed by atoms with Gasteiger partial charge in [-0.25, -0.2) is 4.98 Å². The first-order valence-electron chi connectivity index (χ1n) is 11.2. The van der Waals surface area contributed by atoms with Crippen LogP contribution in [0.15, 0.2) is 77.4 Å². The van der Waals surface area contributed by atoms with E-state index in [9.17, 15) is 9.59 Å². The first-order chi connectivity index (χ1) is 16.2. The Kier molecular flexibility index (Phi) is 6.21. The van der Waals surface area contributed by atoms with Crippen LogP contribution in [0.5, 0.6) is 0 Å². The van der Waals surface area contributed by atoms with E-state index in [0.717, 1.165) is 28.9 Å². The number of fused-ring (bicyclic) bond motifs is 1. The van der Waals surface area contributed by atoms with Gasteiger partial charge in [-0.3, -0.25) is 9.59 Å². The van der Waals surface area contributed by atoms with Crippen molar-refractivity contribution in [1.82, 2.24) is 15.2 Å². The lowest BCUT2D eigenvalue weighted by molar-refractivity contribution is -0.134. The van der Waals surface area contributed by atoms with Crippen LogP contribution < -0.4 is 5.32 Å². The summed E-state index contributed by atoms with van der Waals surface area (Å²) in [7, 11) is 0. The number of thiazole rings is 1. The number of carbonyl (C=O) groups excluding carboxylic acids is 2. The van der Waals surface area contributed by atoms with E-state index >= 15 is 0 Å². The minimum atomic E-state index is -0.667. The minimum absolute atomic E-state index is 0.0652. The predicted molar refractivity (Wildman–Crippen MR) is 128 cm³/mol. The third-order valence-corrected chi connectivity index (χ3v) is 7.22. The molecule has 1 saturated heterocycles. The van der Waals surface area contributed by atoms with Crippen LogP contribution >= 0.6 is 11.3 Å². The smallest absolute Gasteiger partial charge is 0.287 e. The van der Waals surface area contributed by atoms with Gasteiger partial charge >= 0.3 is 0 Å². The summed E-state index contributed by atoms with van der Waals surface area (Å²) in [6.07, 6.45) is 3.80. The number of hydrogen-bond acceptors (Lipinski definition) is 5. The number of nitrogens with one attached hydrogen (secondary N) is 1. The lowest BCUT2D eigenvalue weighted by Gasteiger charge is -2.34. The molecule has 7 heteroatoms. The molecule has 168 valence electrons. The maximum absolute atomic E-state index is 13.6. The zero-order valence-electron chi connectivity index (χ0n) is 18.1. The molecule has 1 aliphatic rings. The summed E-state index contributed by atoms with van der Waals surface area (Å²) in [6.45, 7) is 1.29. The van der Waals surface area contributed by atoms with Gasteiger partial charge in [-0.1, -0.05) is 42.5 Å². The Balaban J connectivity index is 1.34. The van der Waals surface area contributed by atoms with Gasteiger partial charge in [0.25, 0.3) is 5.91 Å². The zero-order chi connectivity index (χ0) is 22.6. The molecule has 0 saturated carbocycles. The highest BCUT2D eigenvalue weighted by Gasteiger charge is 2.32. The Bertz CT molecular complexity index is 1200. The molecule has 4 aromatic rings. The zero-order valence-corrected chi connectivity index (χ0v) is 19.0. The molecule has 0 aliphatic carbocycles. The van der Waals surface area contributed by atoms with Crippen LogP contribution in [0.2, 0.25) is 0 Å². The first kappa shape index (κ1) is 21.4. The van der Waals surface area contributed by atoms with E-state index in [1.807, 2.05) is 53.4 Å². The van der Waals surface area contributed by atoms with Crippen LogP contribution in [-0.2, 0) is 11.2 Å². The number of nitrogens with zero attached hydrogens (tertiary/aromatic N) is 2. The molecular weight excluding hydrogens is 434 g/mol. The molecule has 6 nitrogen and oxygen atoms in total. The number of carbonyl (C=O) groups is 2. The Hall–Kier alpha value is -3.45. The topological polar surface area (TPSA) is 75.4 Å². The molecule has 2 aromatic carbocycles. The lowest BCUT2D eigenvalue weighted by atomic mass is 9.97. The van der Waals surface area contributed by atoms with Crippen molar-refractivity contribution in [2.24, 2.45) is 0 Å². The van der Waals surface area contributed by atoms with Crippen LogP contribution in [0.25, 0.3) is 10.2 Å². The van der Waals surface area contributed by atoms with E-state index < -0.39 is 6.04 Å². The van der Waals surface area contributed by atoms with Gasteiger partial charge in [-0.2, -0.15) is 0 Å². The van der Waals surface area contributed by atoms with Gasteiger partial charge < -0.3 is 14.6 Å². The summed E-state index contributed by atoms with van der Waals surface area (Å²) in [6, 6.07) is 20.5. The molecule has 2 aromatic heterocycles. The van der Waals surface area contributed by atoms with Gasteiger partial charge in [0.05, 0.1) is 21.5 Å². The standard InChI is InChI=1S/C26H25N3O3S/c30-24(22-12-7-15-32-22)27-21(16-18-8-2-1-3-9-18)26(31)29-14-6-10-19(17-29)25-28-20-11-4-5-13-23(20)33-25/h1-5,7-9,11-13,15,19,21H,6,10,14,16-17H2,(H,27,30)/t19-,21+/m0/s1. The third-order valence-electron chi connectivity index (χ3n) is 6.02. The summed E-state index contributed by atoms with van der Waals surface area (Å²) in [5.41, 5.74) is 2.00. The molecular formula is C26H25N3O3S. The lowest BCUT2D eigenvalue weighted by Crippen LogP contribution is -2.52. The normalized spacial score (nSPS) is 17.1. The molecule has 1 fully saturated rings. The largest absolute Gasteiger partial charge is 0.459 e. The van der Waals surface area contributed by atoms with Gasteiger partial charge in [0, 0.05) is 25.4 Å².